The highest BCUT2D eigenvalue weighted by atomic mass is 16.3. The largest absolute Gasteiger partial charge is 0.396 e. The van der Waals surface area contributed by atoms with E-state index in [1.165, 1.54) is 22.3 Å². The highest BCUT2D eigenvalue weighted by molar-refractivity contribution is 5.37. The van der Waals surface area contributed by atoms with Gasteiger partial charge in [0.15, 0.2) is 0 Å². The molecule has 0 unspecified atom stereocenters. The molecule has 1 aromatic rings. The summed E-state index contributed by atoms with van der Waals surface area (Å²) < 4.78 is 0. The molecule has 2 nitrogen and oxygen atoms in total. The first-order valence-corrected chi connectivity index (χ1v) is 6.48. The van der Waals surface area contributed by atoms with Crippen LogP contribution in [0, 0.1) is 20.8 Å². The number of aryl methyl sites for hydroxylation is 3. The molecule has 0 atom stereocenters. The van der Waals surface area contributed by atoms with Gasteiger partial charge in [-0.2, -0.15) is 0 Å². The SMILES string of the molecule is CCN(CCCO)Cc1c(C)cc(C)cc1C. The van der Waals surface area contributed by atoms with Gasteiger partial charge in [-0.05, 0) is 50.4 Å². The average molecular weight is 235 g/mol. The number of aliphatic hydroxyl groups excluding tert-OH is 1. The maximum absolute atomic E-state index is 8.90. The first kappa shape index (κ1) is 14.2. The highest BCUT2D eigenvalue weighted by Gasteiger charge is 2.08. The van der Waals surface area contributed by atoms with E-state index in [1.54, 1.807) is 0 Å². The standard InChI is InChI=1S/C15H25NO/c1-5-16(7-6-8-17)11-15-13(3)9-12(2)10-14(15)4/h9-10,17H,5-8,11H2,1-4H3. The maximum atomic E-state index is 8.90. The second-order valence-corrected chi connectivity index (χ2v) is 4.82. The van der Waals surface area contributed by atoms with Gasteiger partial charge in [-0.15, -0.1) is 0 Å². The molecule has 1 N–H and O–H groups in total. The Hall–Kier alpha value is -0.860. The molecule has 0 aliphatic heterocycles. The molecule has 17 heavy (non-hydrogen) atoms. The molecule has 0 aromatic heterocycles. The van der Waals surface area contributed by atoms with E-state index in [9.17, 15) is 0 Å². The molecule has 0 fully saturated rings. The van der Waals surface area contributed by atoms with Gasteiger partial charge >= 0.3 is 0 Å². The minimum Gasteiger partial charge on any atom is -0.396 e. The Morgan fingerprint density at radius 3 is 2.18 bits per heavy atom. The quantitative estimate of drug-likeness (QED) is 0.819. The average Bonchev–Trinajstić information content (AvgIpc) is 2.27. The van der Waals surface area contributed by atoms with Crippen molar-refractivity contribution < 1.29 is 5.11 Å². The Kier molecular flexibility index (Phi) is 5.66. The van der Waals surface area contributed by atoms with Crippen LogP contribution in [0.15, 0.2) is 12.1 Å². The summed E-state index contributed by atoms with van der Waals surface area (Å²) in [5, 5.41) is 8.90. The van der Waals surface area contributed by atoms with Crippen LogP contribution in [0.25, 0.3) is 0 Å². The van der Waals surface area contributed by atoms with E-state index in [0.717, 1.165) is 26.1 Å². The summed E-state index contributed by atoms with van der Waals surface area (Å²) >= 11 is 0. The van der Waals surface area contributed by atoms with Crippen LogP contribution in [0.5, 0.6) is 0 Å². The van der Waals surface area contributed by atoms with Gasteiger partial charge in [-0.25, -0.2) is 0 Å². The predicted octanol–water partition coefficient (Wildman–Crippen LogP) is 2.82. The molecule has 0 spiro atoms. The fourth-order valence-corrected chi connectivity index (χ4v) is 2.33. The first-order chi connectivity index (χ1) is 8.08. The first-order valence-electron chi connectivity index (χ1n) is 6.48. The molecule has 0 bridgehead atoms. The van der Waals surface area contributed by atoms with Gasteiger partial charge in [-0.3, -0.25) is 4.90 Å². The molecule has 0 aliphatic carbocycles. The third-order valence-electron chi connectivity index (χ3n) is 3.30. The minimum absolute atomic E-state index is 0.280. The molecular weight excluding hydrogens is 210 g/mol. The van der Waals surface area contributed by atoms with Gasteiger partial charge in [0, 0.05) is 19.7 Å². The molecule has 0 heterocycles. The van der Waals surface area contributed by atoms with Gasteiger partial charge in [0.1, 0.15) is 0 Å². The van der Waals surface area contributed by atoms with E-state index >= 15 is 0 Å². The fraction of sp³-hybridized carbons (Fsp3) is 0.600. The third kappa shape index (κ3) is 4.14. The van der Waals surface area contributed by atoms with Crippen molar-refractivity contribution >= 4 is 0 Å². The van der Waals surface area contributed by atoms with E-state index < -0.39 is 0 Å². The van der Waals surface area contributed by atoms with E-state index in [-0.39, 0.29) is 6.61 Å². The lowest BCUT2D eigenvalue weighted by molar-refractivity contribution is 0.225. The van der Waals surface area contributed by atoms with Crippen LogP contribution in [0.3, 0.4) is 0 Å². The van der Waals surface area contributed by atoms with Crippen LogP contribution in [0.1, 0.15) is 35.6 Å². The fourth-order valence-electron chi connectivity index (χ4n) is 2.33. The maximum Gasteiger partial charge on any atom is 0.0443 e. The summed E-state index contributed by atoms with van der Waals surface area (Å²) in [5.41, 5.74) is 5.53. The number of aliphatic hydroxyl groups is 1. The number of hydrogen-bond donors (Lipinski definition) is 1. The Morgan fingerprint density at radius 2 is 1.71 bits per heavy atom. The van der Waals surface area contributed by atoms with E-state index in [4.69, 9.17) is 5.11 Å². The van der Waals surface area contributed by atoms with Crippen molar-refractivity contribution in [3.63, 3.8) is 0 Å². The molecule has 0 saturated carbocycles. The lowest BCUT2D eigenvalue weighted by Crippen LogP contribution is -2.25. The van der Waals surface area contributed by atoms with Crippen LogP contribution in [0.4, 0.5) is 0 Å². The molecule has 1 rings (SSSR count). The van der Waals surface area contributed by atoms with Crippen molar-refractivity contribution in [1.82, 2.24) is 4.90 Å². The second-order valence-electron chi connectivity index (χ2n) is 4.82. The molecule has 0 radical (unpaired) electrons. The van der Waals surface area contributed by atoms with E-state index in [0.29, 0.717) is 0 Å². The lowest BCUT2D eigenvalue weighted by atomic mass is 9.99. The van der Waals surface area contributed by atoms with Gasteiger partial charge in [-0.1, -0.05) is 24.6 Å². The van der Waals surface area contributed by atoms with Gasteiger partial charge in [0.25, 0.3) is 0 Å². The van der Waals surface area contributed by atoms with Crippen molar-refractivity contribution in [3.05, 3.63) is 34.4 Å². The van der Waals surface area contributed by atoms with Crippen LogP contribution < -0.4 is 0 Å². The smallest absolute Gasteiger partial charge is 0.0443 e. The topological polar surface area (TPSA) is 23.5 Å². The van der Waals surface area contributed by atoms with Crippen molar-refractivity contribution in [2.24, 2.45) is 0 Å². The molecule has 0 amide bonds. The Morgan fingerprint density at radius 1 is 1.12 bits per heavy atom. The predicted molar refractivity (Wildman–Crippen MR) is 73.3 cm³/mol. The summed E-state index contributed by atoms with van der Waals surface area (Å²) in [6, 6.07) is 4.50. The molecular formula is C15H25NO. The van der Waals surface area contributed by atoms with Crippen LogP contribution in [-0.2, 0) is 6.54 Å². The minimum atomic E-state index is 0.280. The van der Waals surface area contributed by atoms with Crippen molar-refractivity contribution in [3.8, 4) is 0 Å². The van der Waals surface area contributed by atoms with E-state index in [1.807, 2.05) is 0 Å². The zero-order valence-electron chi connectivity index (χ0n) is 11.6. The Balaban J connectivity index is 2.78. The Labute approximate surface area is 105 Å². The van der Waals surface area contributed by atoms with Crippen molar-refractivity contribution in [2.75, 3.05) is 19.7 Å². The number of rotatable bonds is 6. The number of hydrogen-bond acceptors (Lipinski definition) is 2. The summed E-state index contributed by atoms with van der Waals surface area (Å²) in [4.78, 5) is 2.39. The van der Waals surface area contributed by atoms with Crippen molar-refractivity contribution in [2.45, 2.75) is 40.7 Å². The van der Waals surface area contributed by atoms with Gasteiger partial charge in [0.05, 0.1) is 0 Å². The molecule has 2 heteroatoms. The van der Waals surface area contributed by atoms with Crippen molar-refractivity contribution in [1.29, 1.82) is 0 Å². The third-order valence-corrected chi connectivity index (χ3v) is 3.30. The summed E-state index contributed by atoms with van der Waals surface area (Å²) in [5.74, 6) is 0. The van der Waals surface area contributed by atoms with Crippen LogP contribution in [-0.4, -0.2) is 29.7 Å². The molecule has 0 saturated heterocycles. The normalized spacial score (nSPS) is 11.2. The van der Waals surface area contributed by atoms with Gasteiger partial charge in [0.2, 0.25) is 0 Å². The summed E-state index contributed by atoms with van der Waals surface area (Å²) in [6.07, 6.45) is 0.859. The van der Waals surface area contributed by atoms with E-state index in [2.05, 4.69) is 44.7 Å². The van der Waals surface area contributed by atoms with Crippen LogP contribution in [0.2, 0.25) is 0 Å². The zero-order valence-corrected chi connectivity index (χ0v) is 11.6. The monoisotopic (exact) mass is 235 g/mol. The summed E-state index contributed by atoms with van der Waals surface area (Å²) in [7, 11) is 0. The van der Waals surface area contributed by atoms with Crippen LogP contribution >= 0.6 is 0 Å². The molecule has 0 aliphatic rings. The molecule has 96 valence electrons. The zero-order chi connectivity index (χ0) is 12.8. The lowest BCUT2D eigenvalue weighted by Gasteiger charge is -2.22. The number of nitrogens with zero attached hydrogens (tertiary/aromatic N) is 1. The number of benzene rings is 1. The van der Waals surface area contributed by atoms with Gasteiger partial charge < -0.3 is 5.11 Å². The second kappa shape index (κ2) is 6.77. The summed E-state index contributed by atoms with van der Waals surface area (Å²) in [6.45, 7) is 12.0. The highest BCUT2D eigenvalue weighted by Crippen LogP contribution is 2.18. The Bertz CT molecular complexity index is 337. The molecule has 1 aromatic carbocycles.